The number of nitrogens with two attached hydrogens (primary N) is 1. The van der Waals surface area contributed by atoms with E-state index in [0.29, 0.717) is 6.04 Å². The van der Waals surface area contributed by atoms with Gasteiger partial charge in [0.1, 0.15) is 0 Å². The van der Waals surface area contributed by atoms with Crippen molar-refractivity contribution in [1.82, 2.24) is 5.32 Å². The van der Waals surface area contributed by atoms with E-state index in [1.54, 1.807) is 0 Å². The Morgan fingerprint density at radius 3 is 2.67 bits per heavy atom. The molecule has 3 atom stereocenters. The lowest BCUT2D eigenvalue weighted by Crippen LogP contribution is -2.71. The van der Waals surface area contributed by atoms with Crippen molar-refractivity contribution in [2.24, 2.45) is 5.73 Å². The molecule has 0 aromatic carbocycles. The van der Waals surface area contributed by atoms with E-state index in [0.717, 1.165) is 0 Å². The second-order valence-electron chi connectivity index (χ2n) is 3.28. The standard InChI is InChI=1S/C7H12N2/c1-7-4-5(9-7)2-3-6(7)8/h2-3,5-6,9H,4,8H2,1H3/t5?,6?,7-/m1/s1. The van der Waals surface area contributed by atoms with Crippen LogP contribution in [-0.2, 0) is 0 Å². The zero-order valence-electron chi connectivity index (χ0n) is 5.59. The van der Waals surface area contributed by atoms with Crippen LogP contribution in [0, 0.1) is 0 Å². The molecule has 0 amide bonds. The molecule has 1 fully saturated rings. The lowest BCUT2D eigenvalue weighted by molar-refractivity contribution is 0.152. The molecule has 3 aliphatic rings. The molecule has 0 spiro atoms. The minimum absolute atomic E-state index is 0.222. The van der Waals surface area contributed by atoms with Crippen molar-refractivity contribution in [3.05, 3.63) is 12.2 Å². The summed E-state index contributed by atoms with van der Waals surface area (Å²) in [5, 5.41) is 3.39. The van der Waals surface area contributed by atoms with Gasteiger partial charge in [0.15, 0.2) is 0 Å². The van der Waals surface area contributed by atoms with E-state index in [1.165, 1.54) is 6.42 Å². The van der Waals surface area contributed by atoms with Crippen LogP contribution in [0.15, 0.2) is 12.2 Å². The monoisotopic (exact) mass is 124 g/mol. The molecule has 1 saturated heterocycles. The van der Waals surface area contributed by atoms with Gasteiger partial charge in [0.05, 0.1) is 0 Å². The molecule has 0 aromatic rings. The van der Waals surface area contributed by atoms with E-state index >= 15 is 0 Å². The SMILES string of the molecule is C[C@@]12CC(C=CC1N)N2. The summed E-state index contributed by atoms with van der Waals surface area (Å²) in [5.74, 6) is 0. The summed E-state index contributed by atoms with van der Waals surface area (Å²) < 4.78 is 0. The molecule has 3 rings (SSSR count). The van der Waals surface area contributed by atoms with E-state index in [9.17, 15) is 0 Å². The molecule has 2 nitrogen and oxygen atoms in total. The first-order chi connectivity index (χ1) is 4.21. The molecule has 2 bridgehead atoms. The molecule has 0 aromatic heterocycles. The highest BCUT2D eigenvalue weighted by molar-refractivity contribution is 5.24. The quantitative estimate of drug-likeness (QED) is 0.446. The Balaban J connectivity index is 2.26. The fraction of sp³-hybridized carbons (Fsp3) is 0.714. The van der Waals surface area contributed by atoms with Gasteiger partial charge in [0, 0.05) is 17.6 Å². The molecule has 2 heteroatoms. The van der Waals surface area contributed by atoms with E-state index in [1.807, 2.05) is 0 Å². The van der Waals surface area contributed by atoms with Crippen LogP contribution in [0.5, 0.6) is 0 Å². The molecule has 2 aliphatic heterocycles. The topological polar surface area (TPSA) is 38.0 Å². The lowest BCUT2D eigenvalue weighted by Gasteiger charge is -2.52. The van der Waals surface area contributed by atoms with E-state index in [-0.39, 0.29) is 11.6 Å². The van der Waals surface area contributed by atoms with Gasteiger partial charge in [-0.1, -0.05) is 12.2 Å². The molecule has 2 heterocycles. The Hall–Kier alpha value is -0.340. The predicted molar refractivity (Wildman–Crippen MR) is 37.1 cm³/mol. The van der Waals surface area contributed by atoms with Gasteiger partial charge in [-0.25, -0.2) is 0 Å². The number of hydrogen-bond donors (Lipinski definition) is 2. The van der Waals surface area contributed by atoms with Gasteiger partial charge < -0.3 is 11.1 Å². The largest absolute Gasteiger partial charge is 0.323 e. The summed E-state index contributed by atoms with van der Waals surface area (Å²) in [6, 6.07) is 0.845. The average Bonchev–Trinajstić information content (AvgIpc) is 1.73. The maximum Gasteiger partial charge on any atom is 0.0408 e. The molecular formula is C7H12N2. The van der Waals surface area contributed by atoms with Crippen LogP contribution >= 0.6 is 0 Å². The Kier molecular flexibility index (Phi) is 0.838. The third kappa shape index (κ3) is 0.575. The van der Waals surface area contributed by atoms with Gasteiger partial charge >= 0.3 is 0 Å². The lowest BCUT2D eigenvalue weighted by atomic mass is 9.73. The van der Waals surface area contributed by atoms with Crippen LogP contribution in [0.4, 0.5) is 0 Å². The highest BCUT2D eigenvalue weighted by atomic mass is 15.1. The molecule has 3 N–H and O–H groups in total. The molecular weight excluding hydrogens is 112 g/mol. The van der Waals surface area contributed by atoms with Gasteiger partial charge in [0.25, 0.3) is 0 Å². The van der Waals surface area contributed by atoms with E-state index in [2.05, 4.69) is 24.4 Å². The van der Waals surface area contributed by atoms with Crippen molar-refractivity contribution >= 4 is 0 Å². The average molecular weight is 124 g/mol. The summed E-state index contributed by atoms with van der Waals surface area (Å²) in [6.07, 6.45) is 5.48. The zero-order chi connectivity index (χ0) is 6.48. The van der Waals surface area contributed by atoms with Gasteiger partial charge in [-0.05, 0) is 13.3 Å². The number of rotatable bonds is 0. The van der Waals surface area contributed by atoms with Crippen LogP contribution < -0.4 is 11.1 Å². The van der Waals surface area contributed by atoms with Crippen molar-refractivity contribution in [2.75, 3.05) is 0 Å². The molecule has 1 aliphatic carbocycles. The van der Waals surface area contributed by atoms with Crippen molar-refractivity contribution in [3.63, 3.8) is 0 Å². The molecule has 9 heavy (non-hydrogen) atoms. The number of hydrogen-bond acceptors (Lipinski definition) is 2. The van der Waals surface area contributed by atoms with Crippen molar-refractivity contribution < 1.29 is 0 Å². The second-order valence-corrected chi connectivity index (χ2v) is 3.28. The normalized spacial score (nSPS) is 54.9. The molecule has 50 valence electrons. The minimum Gasteiger partial charge on any atom is -0.323 e. The highest BCUT2D eigenvalue weighted by Crippen LogP contribution is 2.32. The Morgan fingerprint density at radius 1 is 1.67 bits per heavy atom. The first-order valence-electron chi connectivity index (χ1n) is 3.42. The second kappa shape index (κ2) is 1.39. The fourth-order valence-corrected chi connectivity index (χ4v) is 1.67. The number of fused-ring (bicyclic) bond motifs is 1. The third-order valence-electron chi connectivity index (χ3n) is 2.45. The van der Waals surface area contributed by atoms with Crippen LogP contribution in [-0.4, -0.2) is 17.6 Å². The zero-order valence-corrected chi connectivity index (χ0v) is 5.59. The maximum atomic E-state index is 5.80. The van der Waals surface area contributed by atoms with Crippen molar-refractivity contribution in [2.45, 2.75) is 31.0 Å². The molecule has 0 radical (unpaired) electrons. The van der Waals surface area contributed by atoms with Crippen LogP contribution in [0.25, 0.3) is 0 Å². The van der Waals surface area contributed by atoms with Gasteiger partial charge in [-0.15, -0.1) is 0 Å². The van der Waals surface area contributed by atoms with Crippen LogP contribution in [0.3, 0.4) is 0 Å². The van der Waals surface area contributed by atoms with E-state index < -0.39 is 0 Å². The summed E-state index contributed by atoms with van der Waals surface area (Å²) in [4.78, 5) is 0. The molecule has 2 unspecified atom stereocenters. The molecule has 0 saturated carbocycles. The highest BCUT2D eigenvalue weighted by Gasteiger charge is 2.44. The van der Waals surface area contributed by atoms with Crippen LogP contribution in [0.1, 0.15) is 13.3 Å². The van der Waals surface area contributed by atoms with Gasteiger partial charge in [0.2, 0.25) is 0 Å². The Labute approximate surface area is 55.1 Å². The van der Waals surface area contributed by atoms with Crippen molar-refractivity contribution in [3.8, 4) is 0 Å². The Morgan fingerprint density at radius 2 is 2.33 bits per heavy atom. The fourth-order valence-electron chi connectivity index (χ4n) is 1.67. The maximum absolute atomic E-state index is 5.80. The van der Waals surface area contributed by atoms with E-state index in [4.69, 9.17) is 5.73 Å². The predicted octanol–water partition coefficient (Wildman–Crippen LogP) is 0.00410. The summed E-state index contributed by atoms with van der Waals surface area (Å²) in [5.41, 5.74) is 6.02. The Bertz CT molecular complexity index is 156. The van der Waals surface area contributed by atoms with Gasteiger partial charge in [-0.2, -0.15) is 0 Å². The summed E-state index contributed by atoms with van der Waals surface area (Å²) >= 11 is 0. The van der Waals surface area contributed by atoms with Crippen LogP contribution in [0.2, 0.25) is 0 Å². The smallest absolute Gasteiger partial charge is 0.0408 e. The van der Waals surface area contributed by atoms with Crippen molar-refractivity contribution in [1.29, 1.82) is 0 Å². The first-order valence-corrected chi connectivity index (χ1v) is 3.42. The minimum atomic E-state index is 0.222. The number of nitrogens with one attached hydrogen (secondary N) is 1. The first kappa shape index (κ1) is 5.45. The third-order valence-corrected chi connectivity index (χ3v) is 2.45. The summed E-state index contributed by atoms with van der Waals surface area (Å²) in [6.45, 7) is 2.18. The van der Waals surface area contributed by atoms with Gasteiger partial charge in [-0.3, -0.25) is 0 Å². The summed E-state index contributed by atoms with van der Waals surface area (Å²) in [7, 11) is 0.